The summed E-state index contributed by atoms with van der Waals surface area (Å²) in [6, 6.07) is 7.92. The van der Waals surface area contributed by atoms with Gasteiger partial charge in [-0.1, -0.05) is 16.6 Å². The van der Waals surface area contributed by atoms with Crippen LogP contribution in [0.15, 0.2) is 30.5 Å². The number of piperazine rings is 1. The van der Waals surface area contributed by atoms with E-state index in [1.54, 1.807) is 11.1 Å². The second-order valence-corrected chi connectivity index (χ2v) is 5.87. The van der Waals surface area contributed by atoms with E-state index in [2.05, 4.69) is 25.9 Å². The van der Waals surface area contributed by atoms with Gasteiger partial charge < -0.3 is 14.5 Å². The Balaban J connectivity index is 1.59. The van der Waals surface area contributed by atoms with E-state index in [0.29, 0.717) is 24.7 Å². The molecule has 2 amide bonds. The average Bonchev–Trinajstić information content (AvgIpc) is 3.09. The van der Waals surface area contributed by atoms with Gasteiger partial charge in [0.1, 0.15) is 10.8 Å². The van der Waals surface area contributed by atoms with E-state index in [9.17, 15) is 4.79 Å². The highest BCUT2D eigenvalue weighted by molar-refractivity contribution is 7.10. The lowest BCUT2D eigenvalue weighted by molar-refractivity contribution is 0.208. The highest BCUT2D eigenvalue weighted by atomic mass is 32.1. The number of rotatable bonds is 4. The van der Waals surface area contributed by atoms with E-state index >= 15 is 0 Å². The van der Waals surface area contributed by atoms with Gasteiger partial charge in [-0.2, -0.15) is 0 Å². The fourth-order valence-electron chi connectivity index (χ4n) is 2.55. The quantitative estimate of drug-likeness (QED) is 0.929. The first-order valence-electron chi connectivity index (χ1n) is 7.58. The smallest absolute Gasteiger partial charge is 0.322 e. The Morgan fingerprint density at radius 2 is 2.09 bits per heavy atom. The fourth-order valence-corrected chi connectivity index (χ4v) is 2.96. The third-order valence-electron chi connectivity index (χ3n) is 3.66. The minimum atomic E-state index is -0.103. The first-order valence-corrected chi connectivity index (χ1v) is 8.35. The number of nitrogens with zero attached hydrogens (tertiary/aromatic N) is 4. The van der Waals surface area contributed by atoms with Crippen molar-refractivity contribution in [3.63, 3.8) is 0 Å². The number of nitrogens with one attached hydrogen (secondary N) is 1. The van der Waals surface area contributed by atoms with Gasteiger partial charge >= 0.3 is 6.03 Å². The number of aromatic nitrogens is 2. The third kappa shape index (κ3) is 3.70. The van der Waals surface area contributed by atoms with Crippen LogP contribution in [-0.4, -0.2) is 53.3 Å². The number of hydrogen-bond donors (Lipinski definition) is 1. The SMILES string of the molecule is CCOc1ccccc1N1CCN(C(=O)Nc2cnns2)CC1. The van der Waals surface area contributed by atoms with Crippen LogP contribution in [0.4, 0.5) is 15.5 Å². The molecule has 1 saturated heterocycles. The number of amides is 2. The molecule has 2 heterocycles. The lowest BCUT2D eigenvalue weighted by Crippen LogP contribution is -2.50. The molecule has 0 unspecified atom stereocenters. The van der Waals surface area contributed by atoms with Crippen molar-refractivity contribution in [1.82, 2.24) is 14.5 Å². The molecule has 1 fully saturated rings. The second kappa shape index (κ2) is 7.28. The van der Waals surface area contributed by atoms with Gasteiger partial charge in [0, 0.05) is 37.7 Å². The van der Waals surface area contributed by atoms with Crippen LogP contribution in [0.3, 0.4) is 0 Å². The number of carbonyl (C=O) groups excluding carboxylic acids is 1. The number of carbonyl (C=O) groups is 1. The molecule has 2 aromatic rings. The molecule has 0 radical (unpaired) electrons. The number of para-hydroxylation sites is 2. The van der Waals surface area contributed by atoms with Gasteiger partial charge in [0.25, 0.3) is 0 Å². The minimum absolute atomic E-state index is 0.103. The van der Waals surface area contributed by atoms with Crippen LogP contribution in [0, 0.1) is 0 Å². The van der Waals surface area contributed by atoms with E-state index in [-0.39, 0.29) is 6.03 Å². The molecular weight excluding hydrogens is 314 g/mol. The van der Waals surface area contributed by atoms with Gasteiger partial charge in [-0.25, -0.2) is 4.79 Å². The summed E-state index contributed by atoms with van der Waals surface area (Å²) in [4.78, 5) is 16.3. The minimum Gasteiger partial charge on any atom is -0.492 e. The van der Waals surface area contributed by atoms with Crippen molar-refractivity contribution in [3.05, 3.63) is 30.5 Å². The largest absolute Gasteiger partial charge is 0.492 e. The predicted octanol–water partition coefficient (Wildman–Crippen LogP) is 2.29. The molecule has 1 aromatic carbocycles. The van der Waals surface area contributed by atoms with Crippen LogP contribution >= 0.6 is 11.5 Å². The van der Waals surface area contributed by atoms with Gasteiger partial charge in [0.05, 0.1) is 18.5 Å². The normalized spacial score (nSPS) is 14.7. The molecule has 0 spiro atoms. The van der Waals surface area contributed by atoms with Crippen LogP contribution < -0.4 is 15.0 Å². The van der Waals surface area contributed by atoms with Gasteiger partial charge in [-0.15, -0.1) is 5.10 Å². The molecule has 1 aliphatic heterocycles. The number of ether oxygens (including phenoxy) is 1. The van der Waals surface area contributed by atoms with E-state index < -0.39 is 0 Å². The van der Waals surface area contributed by atoms with Crippen LogP contribution in [0.1, 0.15) is 6.92 Å². The molecule has 7 nitrogen and oxygen atoms in total. The molecule has 0 aliphatic carbocycles. The Morgan fingerprint density at radius 3 is 2.78 bits per heavy atom. The molecule has 1 aromatic heterocycles. The van der Waals surface area contributed by atoms with Crippen LogP contribution in [0.5, 0.6) is 5.75 Å². The van der Waals surface area contributed by atoms with Crippen molar-refractivity contribution >= 4 is 28.3 Å². The summed E-state index contributed by atoms with van der Waals surface area (Å²) >= 11 is 1.17. The second-order valence-electron chi connectivity index (χ2n) is 5.09. The summed E-state index contributed by atoms with van der Waals surface area (Å²) in [6.45, 7) is 5.50. The van der Waals surface area contributed by atoms with E-state index in [0.717, 1.165) is 24.5 Å². The molecule has 122 valence electrons. The standard InChI is InChI=1S/C15H19N5O2S/c1-2-22-13-6-4-3-5-12(13)19-7-9-20(10-8-19)15(21)17-14-11-16-18-23-14/h3-6,11H,2,7-10H2,1H3,(H,17,21). The maximum absolute atomic E-state index is 12.2. The fraction of sp³-hybridized carbons (Fsp3) is 0.400. The molecule has 1 aliphatic rings. The lowest BCUT2D eigenvalue weighted by atomic mass is 10.2. The Kier molecular flexibility index (Phi) is 4.92. The number of urea groups is 1. The van der Waals surface area contributed by atoms with Crippen molar-refractivity contribution in [1.29, 1.82) is 0 Å². The predicted molar refractivity (Wildman–Crippen MR) is 90.3 cm³/mol. The van der Waals surface area contributed by atoms with Crippen LogP contribution in [0.2, 0.25) is 0 Å². The summed E-state index contributed by atoms with van der Waals surface area (Å²) in [5.41, 5.74) is 1.08. The monoisotopic (exact) mass is 333 g/mol. The van der Waals surface area contributed by atoms with Crippen LogP contribution in [0.25, 0.3) is 0 Å². The zero-order chi connectivity index (χ0) is 16.1. The highest BCUT2D eigenvalue weighted by Crippen LogP contribution is 2.28. The Hall–Kier alpha value is -2.35. The lowest BCUT2D eigenvalue weighted by Gasteiger charge is -2.36. The van der Waals surface area contributed by atoms with Crippen molar-refractivity contribution in [2.75, 3.05) is 43.0 Å². The Morgan fingerprint density at radius 1 is 1.30 bits per heavy atom. The van der Waals surface area contributed by atoms with Gasteiger partial charge in [0.15, 0.2) is 0 Å². The maximum atomic E-state index is 12.2. The third-order valence-corrected chi connectivity index (χ3v) is 4.24. The summed E-state index contributed by atoms with van der Waals surface area (Å²) < 4.78 is 9.42. The first kappa shape index (κ1) is 15.5. The van der Waals surface area contributed by atoms with Crippen LogP contribution in [-0.2, 0) is 0 Å². The molecule has 3 rings (SSSR count). The molecule has 23 heavy (non-hydrogen) atoms. The summed E-state index contributed by atoms with van der Waals surface area (Å²) in [5, 5.41) is 7.19. The zero-order valence-corrected chi connectivity index (χ0v) is 13.8. The molecule has 0 atom stereocenters. The Bertz CT molecular complexity index is 641. The first-order chi connectivity index (χ1) is 11.3. The van der Waals surface area contributed by atoms with Crippen molar-refractivity contribution < 1.29 is 9.53 Å². The van der Waals surface area contributed by atoms with Crippen molar-refractivity contribution in [2.24, 2.45) is 0 Å². The number of benzene rings is 1. The number of hydrogen-bond acceptors (Lipinski definition) is 6. The van der Waals surface area contributed by atoms with Gasteiger partial charge in [-0.3, -0.25) is 5.32 Å². The Labute approximate surface area is 139 Å². The summed E-state index contributed by atoms with van der Waals surface area (Å²) in [5.74, 6) is 0.892. The molecule has 8 heteroatoms. The van der Waals surface area contributed by atoms with E-state index in [1.807, 2.05) is 25.1 Å². The molecule has 0 saturated carbocycles. The average molecular weight is 333 g/mol. The van der Waals surface area contributed by atoms with Gasteiger partial charge in [-0.05, 0) is 19.1 Å². The molecular formula is C15H19N5O2S. The maximum Gasteiger partial charge on any atom is 0.322 e. The van der Waals surface area contributed by atoms with Crippen molar-refractivity contribution in [2.45, 2.75) is 6.92 Å². The zero-order valence-electron chi connectivity index (χ0n) is 12.9. The topological polar surface area (TPSA) is 70.6 Å². The van der Waals surface area contributed by atoms with Gasteiger partial charge in [0.2, 0.25) is 0 Å². The summed E-state index contributed by atoms with van der Waals surface area (Å²) in [7, 11) is 0. The van der Waals surface area contributed by atoms with E-state index in [1.165, 1.54) is 11.5 Å². The molecule has 1 N–H and O–H groups in total. The number of anilines is 2. The summed E-state index contributed by atoms with van der Waals surface area (Å²) in [6.07, 6.45) is 1.55. The highest BCUT2D eigenvalue weighted by Gasteiger charge is 2.23. The molecule has 0 bridgehead atoms. The van der Waals surface area contributed by atoms with Crippen molar-refractivity contribution in [3.8, 4) is 5.75 Å². The van der Waals surface area contributed by atoms with E-state index in [4.69, 9.17) is 4.74 Å².